The summed E-state index contributed by atoms with van der Waals surface area (Å²) in [5, 5.41) is 3.50. The fraction of sp³-hybridized carbons (Fsp3) is 0.667. The zero-order chi connectivity index (χ0) is 13.4. The van der Waals surface area contributed by atoms with E-state index >= 15 is 0 Å². The maximum absolute atomic E-state index is 4.52. The van der Waals surface area contributed by atoms with Gasteiger partial charge >= 0.3 is 0 Å². The van der Waals surface area contributed by atoms with Crippen molar-refractivity contribution in [2.45, 2.75) is 53.0 Å². The fourth-order valence-corrected chi connectivity index (χ4v) is 2.07. The summed E-state index contributed by atoms with van der Waals surface area (Å²) in [6.45, 7) is 10.8. The van der Waals surface area contributed by atoms with Gasteiger partial charge in [0.1, 0.15) is 5.82 Å². The third-order valence-electron chi connectivity index (χ3n) is 3.24. The largest absolute Gasteiger partial charge is 0.381 e. The van der Waals surface area contributed by atoms with E-state index in [4.69, 9.17) is 0 Å². The molecule has 3 heteroatoms. The van der Waals surface area contributed by atoms with Crippen molar-refractivity contribution < 1.29 is 0 Å². The molecule has 0 aliphatic rings. The van der Waals surface area contributed by atoms with Crippen molar-refractivity contribution in [3.05, 3.63) is 18.3 Å². The van der Waals surface area contributed by atoms with Crippen LogP contribution in [-0.2, 0) is 0 Å². The normalized spacial score (nSPS) is 12.2. The van der Waals surface area contributed by atoms with Crippen LogP contribution in [0.2, 0.25) is 0 Å². The lowest BCUT2D eigenvalue weighted by atomic mass is 10.1. The lowest BCUT2D eigenvalue weighted by Crippen LogP contribution is -2.23. The zero-order valence-electron chi connectivity index (χ0n) is 12.2. The molecule has 1 aromatic heterocycles. The minimum absolute atomic E-state index is 0.519. The zero-order valence-corrected chi connectivity index (χ0v) is 12.2. The van der Waals surface area contributed by atoms with E-state index in [-0.39, 0.29) is 0 Å². The Morgan fingerprint density at radius 2 is 1.94 bits per heavy atom. The van der Waals surface area contributed by atoms with Crippen LogP contribution >= 0.6 is 0 Å². The molecule has 1 unspecified atom stereocenters. The Balaban J connectivity index is 2.54. The fourth-order valence-electron chi connectivity index (χ4n) is 2.07. The summed E-state index contributed by atoms with van der Waals surface area (Å²) in [5.41, 5.74) is 1.12. The van der Waals surface area contributed by atoms with Gasteiger partial charge in [-0.3, -0.25) is 0 Å². The average molecular weight is 249 g/mol. The molecule has 0 aromatic carbocycles. The monoisotopic (exact) mass is 249 g/mol. The molecule has 1 rings (SSSR count). The average Bonchev–Trinajstić information content (AvgIpc) is 2.40. The van der Waals surface area contributed by atoms with Crippen molar-refractivity contribution in [3.63, 3.8) is 0 Å². The smallest absolute Gasteiger partial charge is 0.128 e. The van der Waals surface area contributed by atoms with Gasteiger partial charge in [0.25, 0.3) is 0 Å². The Morgan fingerprint density at radius 3 is 2.44 bits per heavy atom. The SMILES string of the molecule is CCCCC(C)Nc1ccc(N(CC)CC)nc1. The van der Waals surface area contributed by atoms with Crippen molar-refractivity contribution in [2.24, 2.45) is 0 Å². The van der Waals surface area contributed by atoms with Crippen molar-refractivity contribution in [3.8, 4) is 0 Å². The van der Waals surface area contributed by atoms with Crippen LogP contribution in [0.4, 0.5) is 11.5 Å². The first-order valence-electron chi connectivity index (χ1n) is 7.18. The molecule has 102 valence electrons. The number of pyridine rings is 1. The Bertz CT molecular complexity index is 317. The molecule has 0 fully saturated rings. The molecule has 1 aromatic rings. The van der Waals surface area contributed by atoms with Gasteiger partial charge in [-0.15, -0.1) is 0 Å². The van der Waals surface area contributed by atoms with Gasteiger partial charge in [-0.05, 0) is 39.3 Å². The molecule has 0 saturated heterocycles. The van der Waals surface area contributed by atoms with Crippen LogP contribution in [-0.4, -0.2) is 24.1 Å². The summed E-state index contributed by atoms with van der Waals surface area (Å²) >= 11 is 0. The van der Waals surface area contributed by atoms with Crippen LogP contribution < -0.4 is 10.2 Å². The van der Waals surface area contributed by atoms with E-state index in [2.05, 4.69) is 55.0 Å². The van der Waals surface area contributed by atoms with E-state index in [0.717, 1.165) is 24.6 Å². The van der Waals surface area contributed by atoms with Crippen LogP contribution in [0.3, 0.4) is 0 Å². The first-order chi connectivity index (χ1) is 8.71. The second-order valence-corrected chi connectivity index (χ2v) is 4.76. The van der Waals surface area contributed by atoms with Crippen molar-refractivity contribution in [1.29, 1.82) is 0 Å². The van der Waals surface area contributed by atoms with Crippen LogP contribution in [0.1, 0.15) is 47.0 Å². The number of anilines is 2. The number of nitrogens with zero attached hydrogens (tertiary/aromatic N) is 2. The van der Waals surface area contributed by atoms with E-state index in [1.54, 1.807) is 0 Å². The molecule has 0 bridgehead atoms. The summed E-state index contributed by atoms with van der Waals surface area (Å²) in [6, 6.07) is 4.75. The van der Waals surface area contributed by atoms with Gasteiger partial charge in [-0.25, -0.2) is 4.98 Å². The molecular weight excluding hydrogens is 222 g/mol. The minimum atomic E-state index is 0.519. The summed E-state index contributed by atoms with van der Waals surface area (Å²) in [7, 11) is 0. The van der Waals surface area contributed by atoms with Gasteiger partial charge in [0.05, 0.1) is 11.9 Å². The Kier molecular flexibility index (Phi) is 6.55. The van der Waals surface area contributed by atoms with Crippen LogP contribution in [0, 0.1) is 0 Å². The maximum atomic E-state index is 4.52. The second-order valence-electron chi connectivity index (χ2n) is 4.76. The summed E-state index contributed by atoms with van der Waals surface area (Å²) in [4.78, 5) is 6.77. The molecule has 0 amide bonds. The number of aromatic nitrogens is 1. The highest BCUT2D eigenvalue weighted by molar-refractivity contribution is 5.48. The minimum Gasteiger partial charge on any atom is -0.381 e. The highest BCUT2D eigenvalue weighted by Gasteiger charge is 2.04. The lowest BCUT2D eigenvalue weighted by molar-refractivity contribution is 0.645. The summed E-state index contributed by atoms with van der Waals surface area (Å²) in [5.74, 6) is 1.06. The molecule has 1 N–H and O–H groups in total. The molecule has 0 aliphatic carbocycles. The van der Waals surface area contributed by atoms with Gasteiger partial charge in [-0.2, -0.15) is 0 Å². The highest BCUT2D eigenvalue weighted by Crippen LogP contribution is 2.15. The predicted molar refractivity (Wildman–Crippen MR) is 80.4 cm³/mol. The predicted octanol–water partition coefficient (Wildman–Crippen LogP) is 3.92. The molecule has 3 nitrogen and oxygen atoms in total. The molecule has 1 heterocycles. The Labute approximate surface area is 112 Å². The first-order valence-corrected chi connectivity index (χ1v) is 7.18. The molecule has 0 radical (unpaired) electrons. The van der Waals surface area contributed by atoms with Gasteiger partial charge in [0.15, 0.2) is 0 Å². The number of hydrogen-bond donors (Lipinski definition) is 1. The number of unbranched alkanes of at least 4 members (excludes halogenated alkanes) is 1. The molecule has 18 heavy (non-hydrogen) atoms. The van der Waals surface area contributed by atoms with Gasteiger partial charge in [0.2, 0.25) is 0 Å². The number of hydrogen-bond acceptors (Lipinski definition) is 3. The van der Waals surface area contributed by atoms with Gasteiger partial charge < -0.3 is 10.2 Å². The molecule has 0 saturated carbocycles. The van der Waals surface area contributed by atoms with Gasteiger partial charge in [0, 0.05) is 19.1 Å². The Hall–Kier alpha value is -1.25. The van der Waals surface area contributed by atoms with E-state index in [0.29, 0.717) is 6.04 Å². The van der Waals surface area contributed by atoms with E-state index in [1.165, 1.54) is 19.3 Å². The van der Waals surface area contributed by atoms with E-state index in [9.17, 15) is 0 Å². The van der Waals surface area contributed by atoms with Crippen molar-refractivity contribution in [1.82, 2.24) is 4.98 Å². The first kappa shape index (κ1) is 14.8. The van der Waals surface area contributed by atoms with Crippen LogP contribution in [0.5, 0.6) is 0 Å². The molecule has 0 aliphatic heterocycles. The highest BCUT2D eigenvalue weighted by atomic mass is 15.2. The quantitative estimate of drug-likeness (QED) is 0.757. The third-order valence-corrected chi connectivity index (χ3v) is 3.24. The maximum Gasteiger partial charge on any atom is 0.128 e. The second kappa shape index (κ2) is 7.96. The van der Waals surface area contributed by atoms with Crippen molar-refractivity contribution in [2.75, 3.05) is 23.3 Å². The van der Waals surface area contributed by atoms with E-state index < -0.39 is 0 Å². The number of nitrogens with one attached hydrogen (secondary N) is 1. The van der Waals surface area contributed by atoms with Crippen LogP contribution in [0.25, 0.3) is 0 Å². The van der Waals surface area contributed by atoms with E-state index in [1.807, 2.05) is 6.20 Å². The number of rotatable bonds is 8. The third kappa shape index (κ3) is 4.55. The van der Waals surface area contributed by atoms with Crippen LogP contribution in [0.15, 0.2) is 18.3 Å². The topological polar surface area (TPSA) is 28.2 Å². The molecule has 0 spiro atoms. The lowest BCUT2D eigenvalue weighted by Gasteiger charge is -2.20. The molecule has 1 atom stereocenters. The summed E-state index contributed by atoms with van der Waals surface area (Å²) in [6.07, 6.45) is 5.69. The Morgan fingerprint density at radius 1 is 1.22 bits per heavy atom. The van der Waals surface area contributed by atoms with Crippen molar-refractivity contribution >= 4 is 11.5 Å². The van der Waals surface area contributed by atoms with Gasteiger partial charge in [-0.1, -0.05) is 19.8 Å². The summed E-state index contributed by atoms with van der Waals surface area (Å²) < 4.78 is 0. The molecular formula is C15H27N3. The standard InChI is InChI=1S/C15H27N3/c1-5-8-9-13(4)17-14-10-11-15(16-12-14)18(6-2)7-3/h10-13,17H,5-9H2,1-4H3.